The van der Waals surface area contributed by atoms with Crippen LogP contribution in [0.4, 0.5) is 5.69 Å². The molecule has 0 aliphatic rings. The summed E-state index contributed by atoms with van der Waals surface area (Å²) in [4.78, 5) is 0. The molecule has 0 heterocycles. The Balaban J connectivity index is 1.86. The third-order valence-electron chi connectivity index (χ3n) is 3.26. The summed E-state index contributed by atoms with van der Waals surface area (Å²) >= 11 is 0. The number of anilines is 1. The quantitative estimate of drug-likeness (QED) is 0.790. The Bertz CT molecular complexity index is 502. The van der Waals surface area contributed by atoms with E-state index in [2.05, 4.69) is 55.6 Å². The summed E-state index contributed by atoms with van der Waals surface area (Å²) in [7, 11) is 0. The van der Waals surface area contributed by atoms with Crippen LogP contribution < -0.4 is 10.1 Å². The van der Waals surface area contributed by atoms with E-state index < -0.39 is 0 Å². The predicted molar refractivity (Wildman–Crippen MR) is 85.4 cm³/mol. The van der Waals surface area contributed by atoms with Gasteiger partial charge in [-0.15, -0.1) is 0 Å². The standard InChI is InChI=1S/C18H23NO/c1-3-13-20-18-11-9-17(10-12-18)19-14-16-7-5-15(4-2)6-8-16/h5-12,19H,3-4,13-14H2,1-2H3. The highest BCUT2D eigenvalue weighted by atomic mass is 16.5. The number of hydrogen-bond acceptors (Lipinski definition) is 2. The molecule has 0 saturated heterocycles. The zero-order chi connectivity index (χ0) is 14.2. The average Bonchev–Trinajstić information content (AvgIpc) is 2.52. The van der Waals surface area contributed by atoms with Gasteiger partial charge in [-0.3, -0.25) is 0 Å². The highest BCUT2D eigenvalue weighted by molar-refractivity contribution is 5.46. The minimum Gasteiger partial charge on any atom is -0.494 e. The second kappa shape index (κ2) is 7.59. The summed E-state index contributed by atoms with van der Waals surface area (Å²) < 4.78 is 5.57. The molecule has 2 nitrogen and oxygen atoms in total. The summed E-state index contributed by atoms with van der Waals surface area (Å²) in [5.74, 6) is 0.935. The Labute approximate surface area is 121 Å². The molecular formula is C18H23NO. The van der Waals surface area contributed by atoms with E-state index in [1.54, 1.807) is 0 Å². The summed E-state index contributed by atoms with van der Waals surface area (Å²) in [5, 5.41) is 3.43. The Morgan fingerprint density at radius 1 is 0.850 bits per heavy atom. The van der Waals surface area contributed by atoms with Crippen LogP contribution in [-0.4, -0.2) is 6.61 Å². The maximum atomic E-state index is 5.57. The van der Waals surface area contributed by atoms with Crippen molar-refractivity contribution in [2.24, 2.45) is 0 Å². The minimum atomic E-state index is 0.774. The number of hydrogen-bond donors (Lipinski definition) is 1. The highest BCUT2D eigenvalue weighted by Crippen LogP contribution is 2.16. The van der Waals surface area contributed by atoms with Gasteiger partial charge in [0.05, 0.1) is 6.61 Å². The van der Waals surface area contributed by atoms with Crippen molar-refractivity contribution in [1.29, 1.82) is 0 Å². The normalized spacial score (nSPS) is 10.3. The van der Waals surface area contributed by atoms with Crippen molar-refractivity contribution < 1.29 is 4.74 Å². The molecule has 0 unspecified atom stereocenters. The molecule has 2 aromatic rings. The van der Waals surface area contributed by atoms with Gasteiger partial charge in [0.2, 0.25) is 0 Å². The van der Waals surface area contributed by atoms with Crippen LogP contribution in [0.15, 0.2) is 48.5 Å². The molecular weight excluding hydrogens is 246 g/mol. The van der Waals surface area contributed by atoms with E-state index in [0.29, 0.717) is 0 Å². The van der Waals surface area contributed by atoms with Crippen LogP contribution in [-0.2, 0) is 13.0 Å². The summed E-state index contributed by atoms with van der Waals surface area (Å²) in [6.45, 7) is 5.91. The number of nitrogens with one attached hydrogen (secondary N) is 1. The number of rotatable bonds is 7. The minimum absolute atomic E-state index is 0.774. The van der Waals surface area contributed by atoms with Gasteiger partial charge < -0.3 is 10.1 Å². The first-order valence-corrected chi connectivity index (χ1v) is 7.36. The van der Waals surface area contributed by atoms with Crippen LogP contribution in [0.3, 0.4) is 0 Å². The Kier molecular flexibility index (Phi) is 5.48. The van der Waals surface area contributed by atoms with Gasteiger partial charge in [0.25, 0.3) is 0 Å². The van der Waals surface area contributed by atoms with Crippen LogP contribution in [0, 0.1) is 0 Å². The van der Waals surface area contributed by atoms with Crippen molar-refractivity contribution in [2.75, 3.05) is 11.9 Å². The molecule has 0 spiro atoms. The molecule has 0 bridgehead atoms. The highest BCUT2D eigenvalue weighted by Gasteiger charge is 1.97. The third-order valence-corrected chi connectivity index (χ3v) is 3.26. The van der Waals surface area contributed by atoms with Gasteiger partial charge in [0.1, 0.15) is 5.75 Å². The lowest BCUT2D eigenvalue weighted by Gasteiger charge is -2.09. The maximum Gasteiger partial charge on any atom is 0.119 e. The molecule has 0 aliphatic carbocycles. The van der Waals surface area contributed by atoms with Gasteiger partial charge >= 0.3 is 0 Å². The summed E-state index contributed by atoms with van der Waals surface area (Å²) in [6.07, 6.45) is 2.13. The Morgan fingerprint density at radius 2 is 1.50 bits per heavy atom. The van der Waals surface area contributed by atoms with Crippen LogP contribution in [0.5, 0.6) is 5.75 Å². The SMILES string of the molecule is CCCOc1ccc(NCc2ccc(CC)cc2)cc1. The topological polar surface area (TPSA) is 21.3 Å². The fraction of sp³-hybridized carbons (Fsp3) is 0.333. The molecule has 0 saturated carbocycles. The van der Waals surface area contributed by atoms with Crippen molar-refractivity contribution in [3.05, 3.63) is 59.7 Å². The van der Waals surface area contributed by atoms with Crippen LogP contribution >= 0.6 is 0 Å². The van der Waals surface area contributed by atoms with E-state index in [0.717, 1.165) is 37.4 Å². The Morgan fingerprint density at radius 3 is 2.10 bits per heavy atom. The van der Waals surface area contributed by atoms with Crippen molar-refractivity contribution in [1.82, 2.24) is 0 Å². The van der Waals surface area contributed by atoms with Gasteiger partial charge in [-0.2, -0.15) is 0 Å². The molecule has 0 aliphatic heterocycles. The monoisotopic (exact) mass is 269 g/mol. The first-order valence-electron chi connectivity index (χ1n) is 7.36. The van der Waals surface area contributed by atoms with Gasteiger partial charge in [0, 0.05) is 12.2 Å². The van der Waals surface area contributed by atoms with Crippen LogP contribution in [0.25, 0.3) is 0 Å². The van der Waals surface area contributed by atoms with E-state index >= 15 is 0 Å². The van der Waals surface area contributed by atoms with Crippen LogP contribution in [0.2, 0.25) is 0 Å². The van der Waals surface area contributed by atoms with E-state index in [1.165, 1.54) is 11.1 Å². The predicted octanol–water partition coefficient (Wildman–Crippen LogP) is 4.65. The second-order valence-electron chi connectivity index (χ2n) is 4.90. The number of ether oxygens (including phenoxy) is 1. The van der Waals surface area contributed by atoms with E-state index in [4.69, 9.17) is 4.74 Å². The lowest BCUT2D eigenvalue weighted by molar-refractivity contribution is 0.317. The summed E-state index contributed by atoms with van der Waals surface area (Å²) in [6, 6.07) is 16.9. The molecule has 0 atom stereocenters. The van der Waals surface area contributed by atoms with Crippen molar-refractivity contribution in [3.8, 4) is 5.75 Å². The number of aryl methyl sites for hydroxylation is 1. The smallest absolute Gasteiger partial charge is 0.119 e. The first kappa shape index (κ1) is 14.4. The maximum absolute atomic E-state index is 5.57. The largest absolute Gasteiger partial charge is 0.494 e. The zero-order valence-corrected chi connectivity index (χ0v) is 12.4. The summed E-state index contributed by atoms with van der Waals surface area (Å²) in [5.41, 5.74) is 3.80. The van der Waals surface area contributed by atoms with Crippen LogP contribution in [0.1, 0.15) is 31.4 Å². The third kappa shape index (κ3) is 4.30. The lowest BCUT2D eigenvalue weighted by atomic mass is 10.1. The fourth-order valence-corrected chi connectivity index (χ4v) is 1.99. The molecule has 0 aromatic heterocycles. The first-order chi connectivity index (χ1) is 9.81. The Hall–Kier alpha value is -1.96. The molecule has 1 N–H and O–H groups in total. The molecule has 20 heavy (non-hydrogen) atoms. The van der Waals surface area contributed by atoms with Crippen molar-refractivity contribution in [2.45, 2.75) is 33.2 Å². The van der Waals surface area contributed by atoms with Gasteiger partial charge in [-0.1, -0.05) is 38.1 Å². The molecule has 0 amide bonds. The van der Waals surface area contributed by atoms with Gasteiger partial charge in [0.15, 0.2) is 0 Å². The average molecular weight is 269 g/mol. The fourth-order valence-electron chi connectivity index (χ4n) is 1.99. The van der Waals surface area contributed by atoms with E-state index in [9.17, 15) is 0 Å². The molecule has 106 valence electrons. The molecule has 2 aromatic carbocycles. The van der Waals surface area contributed by atoms with E-state index in [1.807, 2.05) is 12.1 Å². The number of benzene rings is 2. The molecule has 2 rings (SSSR count). The lowest BCUT2D eigenvalue weighted by Crippen LogP contribution is -2.00. The molecule has 2 heteroatoms. The van der Waals surface area contributed by atoms with Gasteiger partial charge in [-0.25, -0.2) is 0 Å². The van der Waals surface area contributed by atoms with E-state index in [-0.39, 0.29) is 0 Å². The van der Waals surface area contributed by atoms with Crippen molar-refractivity contribution >= 4 is 5.69 Å². The second-order valence-corrected chi connectivity index (χ2v) is 4.90. The molecule has 0 fully saturated rings. The zero-order valence-electron chi connectivity index (χ0n) is 12.4. The van der Waals surface area contributed by atoms with Crippen molar-refractivity contribution in [3.63, 3.8) is 0 Å². The van der Waals surface area contributed by atoms with Gasteiger partial charge in [-0.05, 0) is 48.2 Å². The molecule has 0 radical (unpaired) electrons.